The number of nitrogens with zero attached hydrogens (tertiary/aromatic N) is 2. The maximum atomic E-state index is 12.3. The number of hydrogen-bond acceptors (Lipinski definition) is 4. The van der Waals surface area contributed by atoms with Crippen molar-refractivity contribution in [2.45, 2.75) is 41.0 Å². The number of benzene rings is 1. The molecule has 2 heterocycles. The molecule has 1 aromatic carbocycles. The van der Waals surface area contributed by atoms with Crippen LogP contribution in [0.1, 0.15) is 49.7 Å². The zero-order chi connectivity index (χ0) is 19.7. The maximum Gasteiger partial charge on any atom is 0.292 e. The van der Waals surface area contributed by atoms with Gasteiger partial charge in [-0.25, -0.2) is 0 Å². The zero-order valence-corrected chi connectivity index (χ0v) is 16.9. The molecule has 2 aromatic heterocycles. The molecule has 1 N–H and O–H groups in total. The second-order valence-corrected chi connectivity index (χ2v) is 7.13. The molecule has 1 amide bonds. The lowest BCUT2D eigenvalue weighted by Crippen LogP contribution is -2.12. The third kappa shape index (κ3) is 3.88. The molecule has 6 heteroatoms. The Kier molecular flexibility index (Phi) is 5.33. The van der Waals surface area contributed by atoms with Crippen molar-refractivity contribution in [1.29, 1.82) is 0 Å². The number of amides is 1. The lowest BCUT2D eigenvalue weighted by atomic mass is 9.88. The molecule has 0 radical (unpaired) electrons. The third-order valence-electron chi connectivity index (χ3n) is 5.27. The van der Waals surface area contributed by atoms with Gasteiger partial charge in [0.2, 0.25) is 0 Å². The average Bonchev–Trinajstić information content (AvgIpc) is 3.13. The fourth-order valence-electron chi connectivity index (χ4n) is 3.17. The normalized spacial score (nSPS) is 10.9. The number of hydrogen-bond donors (Lipinski definition) is 1. The fraction of sp³-hybridized carbons (Fsp3) is 0.286. The largest absolute Gasteiger partial charge is 0.456 e. The van der Waals surface area contributed by atoms with Crippen molar-refractivity contribution in [3.63, 3.8) is 0 Å². The molecule has 140 valence electrons. The summed E-state index contributed by atoms with van der Waals surface area (Å²) in [6, 6.07) is 6.66. The summed E-state index contributed by atoms with van der Waals surface area (Å²) in [6.45, 7) is 10.7. The molecule has 0 spiro atoms. The SMILES string of the molecule is Cc1c(C)c(C)c(Cc2ccc(C(=O)Nc3ccc(Cl)nn3)o2)c(C)c1C. The third-order valence-corrected chi connectivity index (χ3v) is 5.47. The number of carbonyl (C=O) groups is 1. The van der Waals surface area contributed by atoms with Crippen molar-refractivity contribution in [3.05, 3.63) is 74.3 Å². The van der Waals surface area contributed by atoms with Gasteiger partial charge in [-0.3, -0.25) is 4.79 Å². The highest BCUT2D eigenvalue weighted by atomic mass is 35.5. The maximum absolute atomic E-state index is 12.3. The Morgan fingerprint density at radius 1 is 0.926 bits per heavy atom. The molecule has 0 bridgehead atoms. The number of carbonyl (C=O) groups excluding carboxylic acids is 1. The molecule has 0 saturated carbocycles. The molecule has 27 heavy (non-hydrogen) atoms. The second-order valence-electron chi connectivity index (χ2n) is 6.74. The van der Waals surface area contributed by atoms with E-state index in [1.807, 2.05) is 6.07 Å². The summed E-state index contributed by atoms with van der Waals surface area (Å²) < 4.78 is 5.78. The Morgan fingerprint density at radius 2 is 1.56 bits per heavy atom. The van der Waals surface area contributed by atoms with Gasteiger partial charge in [-0.2, -0.15) is 0 Å². The minimum absolute atomic E-state index is 0.234. The van der Waals surface area contributed by atoms with Crippen molar-refractivity contribution in [3.8, 4) is 0 Å². The Labute approximate surface area is 163 Å². The van der Waals surface area contributed by atoms with Gasteiger partial charge >= 0.3 is 0 Å². The monoisotopic (exact) mass is 383 g/mol. The first kappa shape index (κ1) is 19.1. The summed E-state index contributed by atoms with van der Waals surface area (Å²) in [4.78, 5) is 12.3. The van der Waals surface area contributed by atoms with Crippen molar-refractivity contribution in [1.82, 2.24) is 10.2 Å². The van der Waals surface area contributed by atoms with Crippen LogP contribution in [-0.4, -0.2) is 16.1 Å². The molecule has 0 aliphatic heterocycles. The van der Waals surface area contributed by atoms with E-state index < -0.39 is 0 Å². The molecule has 0 aliphatic carbocycles. The number of nitrogens with one attached hydrogen (secondary N) is 1. The van der Waals surface area contributed by atoms with E-state index in [1.54, 1.807) is 18.2 Å². The summed E-state index contributed by atoms with van der Waals surface area (Å²) in [5.74, 6) is 0.926. The molecule has 0 aliphatic rings. The summed E-state index contributed by atoms with van der Waals surface area (Å²) in [5, 5.41) is 10.4. The van der Waals surface area contributed by atoms with E-state index >= 15 is 0 Å². The van der Waals surface area contributed by atoms with E-state index in [1.165, 1.54) is 33.4 Å². The summed E-state index contributed by atoms with van der Waals surface area (Å²) in [5.41, 5.74) is 7.74. The molecule has 0 unspecified atom stereocenters. The van der Waals surface area contributed by atoms with Crippen LogP contribution >= 0.6 is 11.6 Å². The van der Waals surface area contributed by atoms with Crippen LogP contribution < -0.4 is 5.32 Å². The van der Waals surface area contributed by atoms with Gasteiger partial charge < -0.3 is 9.73 Å². The number of halogens is 1. The fourth-order valence-corrected chi connectivity index (χ4v) is 3.27. The lowest BCUT2D eigenvalue weighted by molar-refractivity contribution is 0.0994. The number of rotatable bonds is 4. The van der Waals surface area contributed by atoms with E-state index in [0.717, 1.165) is 5.76 Å². The minimum atomic E-state index is -0.373. The van der Waals surface area contributed by atoms with Gasteiger partial charge in [0, 0.05) is 6.42 Å². The van der Waals surface area contributed by atoms with E-state index in [9.17, 15) is 4.79 Å². The highest BCUT2D eigenvalue weighted by Gasteiger charge is 2.16. The first-order valence-electron chi connectivity index (χ1n) is 8.73. The summed E-state index contributed by atoms with van der Waals surface area (Å²) >= 11 is 5.70. The Hall–Kier alpha value is -2.66. The topological polar surface area (TPSA) is 68.0 Å². The van der Waals surface area contributed by atoms with Crippen LogP contribution in [0.25, 0.3) is 0 Å². The van der Waals surface area contributed by atoms with Gasteiger partial charge in [-0.15, -0.1) is 10.2 Å². The van der Waals surface area contributed by atoms with Gasteiger partial charge in [0.15, 0.2) is 16.7 Å². The van der Waals surface area contributed by atoms with Crippen molar-refractivity contribution in [2.24, 2.45) is 0 Å². The summed E-state index contributed by atoms with van der Waals surface area (Å²) in [6.07, 6.45) is 0.646. The van der Waals surface area contributed by atoms with Crippen LogP contribution in [0.2, 0.25) is 5.15 Å². The predicted molar refractivity (Wildman–Crippen MR) is 107 cm³/mol. The molecule has 0 saturated heterocycles. The van der Waals surface area contributed by atoms with Crippen molar-refractivity contribution >= 4 is 23.3 Å². The molecular weight excluding hydrogens is 362 g/mol. The predicted octanol–water partition coefficient (Wildman–Crippen LogP) is 5.11. The standard InChI is InChI=1S/C21H22ClN3O2/c1-11-12(2)14(4)17(15(5)13(11)3)10-16-6-7-18(27-16)21(26)23-20-9-8-19(22)24-25-20/h6-9H,10H2,1-5H3,(H,23,25,26). The van der Waals surface area contributed by atoms with Crippen LogP contribution in [0.4, 0.5) is 5.82 Å². The molecule has 5 nitrogen and oxygen atoms in total. The molecule has 0 atom stereocenters. The van der Waals surface area contributed by atoms with E-state index in [4.69, 9.17) is 16.0 Å². The van der Waals surface area contributed by atoms with Crippen LogP contribution in [0.3, 0.4) is 0 Å². The van der Waals surface area contributed by atoms with Crippen LogP contribution in [0, 0.1) is 34.6 Å². The van der Waals surface area contributed by atoms with Crippen LogP contribution in [0.5, 0.6) is 0 Å². The molecular formula is C21H22ClN3O2. The quantitative estimate of drug-likeness (QED) is 0.679. The van der Waals surface area contributed by atoms with Crippen LogP contribution in [-0.2, 0) is 6.42 Å². The second kappa shape index (κ2) is 7.53. The van der Waals surface area contributed by atoms with Gasteiger partial charge in [0.05, 0.1) is 0 Å². The lowest BCUT2D eigenvalue weighted by Gasteiger charge is -2.18. The van der Waals surface area contributed by atoms with E-state index in [2.05, 4.69) is 50.1 Å². The first-order chi connectivity index (χ1) is 12.8. The molecule has 3 rings (SSSR count). The Bertz CT molecular complexity index is 978. The smallest absolute Gasteiger partial charge is 0.292 e. The van der Waals surface area contributed by atoms with Gasteiger partial charge in [0.1, 0.15) is 5.76 Å². The first-order valence-corrected chi connectivity index (χ1v) is 9.11. The average molecular weight is 384 g/mol. The Balaban J connectivity index is 1.81. The van der Waals surface area contributed by atoms with Gasteiger partial charge in [0.25, 0.3) is 5.91 Å². The number of anilines is 1. The van der Waals surface area contributed by atoms with Crippen LogP contribution in [0.15, 0.2) is 28.7 Å². The number of furan rings is 1. The summed E-state index contributed by atoms with van der Waals surface area (Å²) in [7, 11) is 0. The number of aromatic nitrogens is 2. The van der Waals surface area contributed by atoms with Gasteiger partial charge in [-0.05, 0) is 92.3 Å². The highest BCUT2D eigenvalue weighted by molar-refractivity contribution is 6.29. The van der Waals surface area contributed by atoms with Crippen molar-refractivity contribution < 1.29 is 9.21 Å². The minimum Gasteiger partial charge on any atom is -0.456 e. The molecule has 3 aromatic rings. The Morgan fingerprint density at radius 3 is 2.15 bits per heavy atom. The van der Waals surface area contributed by atoms with E-state index in [0.29, 0.717) is 12.2 Å². The van der Waals surface area contributed by atoms with Gasteiger partial charge in [-0.1, -0.05) is 11.6 Å². The highest BCUT2D eigenvalue weighted by Crippen LogP contribution is 2.28. The molecule has 0 fully saturated rings. The zero-order valence-electron chi connectivity index (χ0n) is 16.1. The van der Waals surface area contributed by atoms with E-state index in [-0.39, 0.29) is 16.8 Å². The van der Waals surface area contributed by atoms with Crippen molar-refractivity contribution in [2.75, 3.05) is 5.32 Å².